The van der Waals surface area contributed by atoms with Crippen LogP contribution in [0.4, 0.5) is 10.1 Å². The summed E-state index contributed by atoms with van der Waals surface area (Å²) in [5.41, 5.74) is 0.622. The molecule has 0 aliphatic carbocycles. The SMILES string of the molecule is CCCNC(=O)[C@@H](C)N(Cc1ccc(F)cc1)C(=O)CN(c1cccc(Cl)c1Cl)S(C)(=O)=O. The Hall–Kier alpha value is -2.36. The highest BCUT2D eigenvalue weighted by Gasteiger charge is 2.31. The highest BCUT2D eigenvalue weighted by molar-refractivity contribution is 7.92. The molecule has 0 unspecified atom stereocenters. The van der Waals surface area contributed by atoms with Gasteiger partial charge in [-0.1, -0.05) is 48.3 Å². The lowest BCUT2D eigenvalue weighted by atomic mass is 10.1. The molecule has 2 amide bonds. The van der Waals surface area contributed by atoms with Crippen LogP contribution in [0.3, 0.4) is 0 Å². The molecule has 0 spiro atoms. The zero-order valence-electron chi connectivity index (χ0n) is 18.5. The molecule has 2 aromatic carbocycles. The summed E-state index contributed by atoms with van der Waals surface area (Å²) in [7, 11) is -3.93. The van der Waals surface area contributed by atoms with Crippen molar-refractivity contribution in [2.24, 2.45) is 0 Å². The quantitative estimate of drug-likeness (QED) is 0.518. The summed E-state index contributed by atoms with van der Waals surface area (Å²) < 4.78 is 39.2. The Morgan fingerprint density at radius 1 is 1.12 bits per heavy atom. The molecule has 0 fully saturated rings. The Bertz CT molecular complexity index is 1100. The summed E-state index contributed by atoms with van der Waals surface area (Å²) in [5.74, 6) is -1.47. The zero-order valence-corrected chi connectivity index (χ0v) is 20.8. The van der Waals surface area contributed by atoms with Gasteiger partial charge >= 0.3 is 0 Å². The van der Waals surface area contributed by atoms with Crippen molar-refractivity contribution in [2.45, 2.75) is 32.9 Å². The maximum Gasteiger partial charge on any atom is 0.244 e. The minimum atomic E-state index is -3.93. The van der Waals surface area contributed by atoms with Crippen molar-refractivity contribution >= 4 is 50.7 Å². The second-order valence-electron chi connectivity index (χ2n) is 7.46. The van der Waals surface area contributed by atoms with E-state index in [1.807, 2.05) is 6.92 Å². The van der Waals surface area contributed by atoms with Crippen molar-refractivity contribution in [1.82, 2.24) is 10.2 Å². The van der Waals surface area contributed by atoms with Crippen LogP contribution in [0.1, 0.15) is 25.8 Å². The minimum absolute atomic E-state index is 0.0174. The Morgan fingerprint density at radius 3 is 2.33 bits per heavy atom. The molecule has 0 radical (unpaired) electrons. The molecule has 0 aromatic heterocycles. The smallest absolute Gasteiger partial charge is 0.244 e. The predicted molar refractivity (Wildman–Crippen MR) is 128 cm³/mol. The first-order valence-electron chi connectivity index (χ1n) is 10.2. The molecule has 1 N–H and O–H groups in total. The Morgan fingerprint density at radius 2 is 1.76 bits per heavy atom. The van der Waals surface area contributed by atoms with E-state index in [0.29, 0.717) is 18.5 Å². The number of sulfonamides is 1. The average Bonchev–Trinajstić information content (AvgIpc) is 2.76. The van der Waals surface area contributed by atoms with E-state index in [4.69, 9.17) is 23.2 Å². The van der Waals surface area contributed by atoms with Gasteiger partial charge in [0.2, 0.25) is 21.8 Å². The maximum atomic E-state index is 13.4. The average molecular weight is 518 g/mol. The van der Waals surface area contributed by atoms with Gasteiger partial charge in [0, 0.05) is 13.1 Å². The van der Waals surface area contributed by atoms with E-state index in [2.05, 4.69) is 5.32 Å². The van der Waals surface area contributed by atoms with E-state index < -0.39 is 34.3 Å². The summed E-state index contributed by atoms with van der Waals surface area (Å²) in [4.78, 5) is 27.2. The number of hydrogen-bond acceptors (Lipinski definition) is 4. The first-order valence-corrected chi connectivity index (χ1v) is 12.8. The predicted octanol–water partition coefficient (Wildman–Crippen LogP) is 3.84. The number of carbonyl (C=O) groups excluding carboxylic acids is 2. The standard InChI is InChI=1S/C22H26Cl2FN3O4S/c1-4-12-26-22(30)15(2)27(13-16-8-10-17(25)11-9-16)20(29)14-28(33(3,31)32)19-7-5-6-18(23)21(19)24/h5-11,15H,4,12-14H2,1-3H3,(H,26,30)/t15-/m1/s1. The van der Waals surface area contributed by atoms with Crippen LogP contribution >= 0.6 is 23.2 Å². The van der Waals surface area contributed by atoms with Gasteiger partial charge in [0.05, 0.1) is 22.0 Å². The molecule has 2 rings (SSSR count). The van der Waals surface area contributed by atoms with Gasteiger partial charge in [0.15, 0.2) is 0 Å². The van der Waals surface area contributed by atoms with Crippen molar-refractivity contribution < 1.29 is 22.4 Å². The largest absolute Gasteiger partial charge is 0.354 e. The van der Waals surface area contributed by atoms with E-state index in [9.17, 15) is 22.4 Å². The van der Waals surface area contributed by atoms with Crippen LogP contribution in [0.2, 0.25) is 10.0 Å². The number of halogens is 3. The molecule has 0 aliphatic heterocycles. The number of nitrogens with zero attached hydrogens (tertiary/aromatic N) is 2. The molecular formula is C22H26Cl2FN3O4S. The Labute approximate surface area is 203 Å². The van der Waals surface area contributed by atoms with Crippen LogP contribution in [0, 0.1) is 5.82 Å². The minimum Gasteiger partial charge on any atom is -0.354 e. The first kappa shape index (κ1) is 26.9. The Kier molecular flexibility index (Phi) is 9.51. The molecule has 1 atom stereocenters. The fourth-order valence-corrected chi connectivity index (χ4v) is 4.35. The Balaban J connectivity index is 2.40. The molecule has 2 aromatic rings. The van der Waals surface area contributed by atoms with Crippen molar-refractivity contribution in [3.63, 3.8) is 0 Å². The lowest BCUT2D eigenvalue weighted by Crippen LogP contribution is -2.51. The van der Waals surface area contributed by atoms with Gasteiger partial charge in [-0.05, 0) is 43.2 Å². The molecule has 7 nitrogen and oxygen atoms in total. The van der Waals surface area contributed by atoms with Crippen LogP contribution in [0.25, 0.3) is 0 Å². The second kappa shape index (κ2) is 11.7. The van der Waals surface area contributed by atoms with E-state index in [-0.39, 0.29) is 28.2 Å². The number of anilines is 1. The highest BCUT2D eigenvalue weighted by Crippen LogP contribution is 2.33. The second-order valence-corrected chi connectivity index (χ2v) is 10.1. The third-order valence-corrected chi connectivity index (χ3v) is 6.80. The number of carbonyl (C=O) groups is 2. The zero-order chi connectivity index (χ0) is 24.8. The summed E-state index contributed by atoms with van der Waals surface area (Å²) in [6, 6.07) is 9.01. The van der Waals surface area contributed by atoms with Crippen LogP contribution in [-0.2, 0) is 26.2 Å². The van der Waals surface area contributed by atoms with E-state index >= 15 is 0 Å². The van der Waals surface area contributed by atoms with Crippen molar-refractivity contribution in [2.75, 3.05) is 23.7 Å². The van der Waals surface area contributed by atoms with Crippen LogP contribution in [0.15, 0.2) is 42.5 Å². The van der Waals surface area contributed by atoms with Gasteiger partial charge in [0.1, 0.15) is 18.4 Å². The first-order chi connectivity index (χ1) is 15.5. The fourth-order valence-electron chi connectivity index (χ4n) is 3.04. The highest BCUT2D eigenvalue weighted by atomic mass is 35.5. The lowest BCUT2D eigenvalue weighted by molar-refractivity contribution is -0.139. The summed E-state index contributed by atoms with van der Waals surface area (Å²) in [6.07, 6.45) is 1.65. The molecule has 11 heteroatoms. The van der Waals surface area contributed by atoms with Gasteiger partial charge in [0.25, 0.3) is 0 Å². The lowest BCUT2D eigenvalue weighted by Gasteiger charge is -2.31. The van der Waals surface area contributed by atoms with Gasteiger partial charge in [-0.3, -0.25) is 13.9 Å². The topological polar surface area (TPSA) is 86.8 Å². The molecule has 33 heavy (non-hydrogen) atoms. The summed E-state index contributed by atoms with van der Waals surface area (Å²) in [6.45, 7) is 3.23. The van der Waals surface area contributed by atoms with E-state index in [1.54, 1.807) is 6.92 Å². The van der Waals surface area contributed by atoms with Crippen molar-refractivity contribution in [3.05, 3.63) is 63.9 Å². The van der Waals surface area contributed by atoms with Crippen molar-refractivity contribution in [3.8, 4) is 0 Å². The summed E-state index contributed by atoms with van der Waals surface area (Å²) in [5, 5.41) is 2.84. The van der Waals surface area contributed by atoms with Crippen LogP contribution in [-0.4, -0.2) is 50.5 Å². The molecule has 0 heterocycles. The van der Waals surface area contributed by atoms with E-state index in [1.165, 1.54) is 47.4 Å². The fraction of sp³-hybridized carbons (Fsp3) is 0.364. The van der Waals surface area contributed by atoms with Gasteiger partial charge in [-0.25, -0.2) is 12.8 Å². The number of amides is 2. The maximum absolute atomic E-state index is 13.4. The monoisotopic (exact) mass is 517 g/mol. The normalized spacial score (nSPS) is 12.2. The molecule has 0 bridgehead atoms. The van der Waals surface area contributed by atoms with Crippen LogP contribution < -0.4 is 9.62 Å². The number of rotatable bonds is 10. The third-order valence-electron chi connectivity index (χ3n) is 4.86. The van der Waals surface area contributed by atoms with Crippen LogP contribution in [0.5, 0.6) is 0 Å². The number of nitrogens with one attached hydrogen (secondary N) is 1. The van der Waals surface area contributed by atoms with Gasteiger partial charge in [-0.15, -0.1) is 0 Å². The summed E-state index contributed by atoms with van der Waals surface area (Å²) >= 11 is 12.2. The number of hydrogen-bond donors (Lipinski definition) is 1. The molecule has 0 saturated heterocycles. The van der Waals surface area contributed by atoms with Crippen molar-refractivity contribution in [1.29, 1.82) is 0 Å². The molecular weight excluding hydrogens is 492 g/mol. The molecule has 0 aliphatic rings. The third kappa shape index (κ3) is 7.31. The number of benzene rings is 2. The molecule has 180 valence electrons. The van der Waals surface area contributed by atoms with Gasteiger partial charge in [-0.2, -0.15) is 0 Å². The van der Waals surface area contributed by atoms with Gasteiger partial charge < -0.3 is 10.2 Å². The molecule has 0 saturated carbocycles. The van der Waals surface area contributed by atoms with E-state index in [0.717, 1.165) is 10.6 Å².